The van der Waals surface area contributed by atoms with Gasteiger partial charge in [-0.1, -0.05) is 48.5 Å². The third-order valence-corrected chi connectivity index (χ3v) is 2.85. The van der Waals surface area contributed by atoms with Crippen LogP contribution in [0.3, 0.4) is 0 Å². The number of carbonyl (C=O) groups excluding carboxylic acids is 1. The molecule has 2 nitrogen and oxygen atoms in total. The van der Waals surface area contributed by atoms with Crippen LogP contribution in [0, 0.1) is 0 Å². The highest BCUT2D eigenvalue weighted by molar-refractivity contribution is 5.85. The second kappa shape index (κ2) is 6.01. The molecule has 0 fully saturated rings. The Kier molecular flexibility index (Phi) is 4.13. The van der Waals surface area contributed by atoms with Gasteiger partial charge in [-0.15, -0.1) is 6.58 Å². The van der Waals surface area contributed by atoms with Crippen molar-refractivity contribution in [1.29, 1.82) is 0 Å². The summed E-state index contributed by atoms with van der Waals surface area (Å²) >= 11 is 0. The van der Waals surface area contributed by atoms with Gasteiger partial charge in [0, 0.05) is 6.54 Å². The zero-order chi connectivity index (χ0) is 12.8. The number of benzene rings is 2. The summed E-state index contributed by atoms with van der Waals surface area (Å²) in [5.41, 5.74) is 1.05. The van der Waals surface area contributed by atoms with Crippen molar-refractivity contribution in [1.82, 2.24) is 5.32 Å². The first-order valence-electron chi connectivity index (χ1n) is 6.15. The van der Waals surface area contributed by atoms with Crippen molar-refractivity contribution < 1.29 is 4.79 Å². The second-order valence-electron chi connectivity index (χ2n) is 4.29. The second-order valence-corrected chi connectivity index (χ2v) is 4.29. The summed E-state index contributed by atoms with van der Waals surface area (Å²) in [5.74, 6) is 0.0622. The van der Waals surface area contributed by atoms with Gasteiger partial charge < -0.3 is 5.32 Å². The zero-order valence-corrected chi connectivity index (χ0v) is 10.4. The summed E-state index contributed by atoms with van der Waals surface area (Å²) in [7, 11) is 0. The van der Waals surface area contributed by atoms with E-state index in [4.69, 9.17) is 0 Å². The predicted molar refractivity (Wildman–Crippen MR) is 75.5 cm³/mol. The molecule has 0 heterocycles. The molecule has 0 aliphatic rings. The van der Waals surface area contributed by atoms with Crippen molar-refractivity contribution in [2.24, 2.45) is 0 Å². The lowest BCUT2D eigenvalue weighted by molar-refractivity contribution is -0.120. The number of hydrogen-bond acceptors (Lipinski definition) is 1. The molecule has 1 amide bonds. The van der Waals surface area contributed by atoms with E-state index in [9.17, 15) is 4.79 Å². The Labute approximate surface area is 107 Å². The van der Waals surface area contributed by atoms with Gasteiger partial charge in [0.1, 0.15) is 0 Å². The van der Waals surface area contributed by atoms with E-state index in [1.807, 2.05) is 18.2 Å². The number of hydrogen-bond donors (Lipinski definition) is 1. The molecular formula is C16H17NO. The predicted octanol–water partition coefficient (Wildman–Crippen LogP) is 3.07. The lowest BCUT2D eigenvalue weighted by atomic mass is 10.0. The van der Waals surface area contributed by atoms with Crippen LogP contribution in [0.4, 0.5) is 0 Å². The molecule has 0 unspecified atom stereocenters. The standard InChI is InChI=1S/C16H17NO/c1-2-3-10-17-16(18)12-13-8-9-14-6-4-5-7-15(14)11-13/h2,4-9,11H,1,3,10,12H2,(H,17,18). The van der Waals surface area contributed by atoms with Crippen LogP contribution in [0.15, 0.2) is 55.1 Å². The summed E-state index contributed by atoms with van der Waals surface area (Å²) < 4.78 is 0. The highest BCUT2D eigenvalue weighted by atomic mass is 16.1. The summed E-state index contributed by atoms with van der Waals surface area (Å²) in [6.07, 6.45) is 3.04. The number of carbonyl (C=O) groups is 1. The van der Waals surface area contributed by atoms with Gasteiger partial charge in [0.15, 0.2) is 0 Å². The van der Waals surface area contributed by atoms with Gasteiger partial charge in [0.25, 0.3) is 0 Å². The van der Waals surface area contributed by atoms with Crippen molar-refractivity contribution in [2.45, 2.75) is 12.8 Å². The molecule has 0 bridgehead atoms. The van der Waals surface area contributed by atoms with E-state index >= 15 is 0 Å². The van der Waals surface area contributed by atoms with Crippen LogP contribution in [0.25, 0.3) is 10.8 Å². The Bertz CT molecular complexity index is 560. The monoisotopic (exact) mass is 239 g/mol. The quantitative estimate of drug-likeness (QED) is 0.630. The highest BCUT2D eigenvalue weighted by Crippen LogP contribution is 2.15. The van der Waals surface area contributed by atoms with Crippen LogP contribution < -0.4 is 5.32 Å². The molecule has 2 heteroatoms. The molecule has 1 N–H and O–H groups in total. The van der Waals surface area contributed by atoms with Crippen LogP contribution in [-0.2, 0) is 11.2 Å². The van der Waals surface area contributed by atoms with E-state index in [0.717, 1.165) is 12.0 Å². The molecule has 0 aromatic heterocycles. The third kappa shape index (κ3) is 3.20. The molecule has 0 aliphatic heterocycles. The summed E-state index contributed by atoms with van der Waals surface area (Å²) in [6, 6.07) is 14.3. The number of amides is 1. The van der Waals surface area contributed by atoms with Crippen LogP contribution in [0.5, 0.6) is 0 Å². The topological polar surface area (TPSA) is 29.1 Å². The first kappa shape index (κ1) is 12.4. The molecule has 2 rings (SSSR count). The molecule has 0 radical (unpaired) electrons. The smallest absolute Gasteiger partial charge is 0.224 e. The molecule has 2 aromatic carbocycles. The molecular weight excluding hydrogens is 222 g/mol. The van der Waals surface area contributed by atoms with Crippen molar-refractivity contribution in [3.8, 4) is 0 Å². The van der Waals surface area contributed by atoms with Crippen molar-refractivity contribution in [3.05, 3.63) is 60.7 Å². The summed E-state index contributed by atoms with van der Waals surface area (Å²) in [5, 5.41) is 5.25. The molecule has 0 saturated heterocycles. The minimum atomic E-state index is 0.0622. The molecule has 18 heavy (non-hydrogen) atoms. The molecule has 0 atom stereocenters. The van der Waals surface area contributed by atoms with Crippen molar-refractivity contribution in [2.75, 3.05) is 6.54 Å². The van der Waals surface area contributed by atoms with Gasteiger partial charge in [-0.2, -0.15) is 0 Å². The van der Waals surface area contributed by atoms with Gasteiger partial charge in [-0.3, -0.25) is 4.79 Å². The molecule has 92 valence electrons. The normalized spacial score (nSPS) is 10.2. The van der Waals surface area contributed by atoms with E-state index in [0.29, 0.717) is 13.0 Å². The fourth-order valence-electron chi connectivity index (χ4n) is 1.91. The lowest BCUT2D eigenvalue weighted by Crippen LogP contribution is -2.25. The van der Waals surface area contributed by atoms with E-state index in [1.54, 1.807) is 6.08 Å². The van der Waals surface area contributed by atoms with Gasteiger partial charge in [-0.25, -0.2) is 0 Å². The zero-order valence-electron chi connectivity index (χ0n) is 10.4. The minimum absolute atomic E-state index is 0.0622. The number of rotatable bonds is 5. The molecule has 0 spiro atoms. The first-order valence-corrected chi connectivity index (χ1v) is 6.15. The average Bonchev–Trinajstić information content (AvgIpc) is 2.39. The van der Waals surface area contributed by atoms with Gasteiger partial charge >= 0.3 is 0 Å². The Balaban J connectivity index is 2.03. The highest BCUT2D eigenvalue weighted by Gasteiger charge is 2.03. The molecule has 2 aromatic rings. The largest absolute Gasteiger partial charge is 0.356 e. The van der Waals surface area contributed by atoms with E-state index in [-0.39, 0.29) is 5.91 Å². The van der Waals surface area contributed by atoms with E-state index < -0.39 is 0 Å². The van der Waals surface area contributed by atoms with Gasteiger partial charge in [0.05, 0.1) is 6.42 Å². The maximum Gasteiger partial charge on any atom is 0.224 e. The molecule has 0 aliphatic carbocycles. The van der Waals surface area contributed by atoms with Crippen molar-refractivity contribution >= 4 is 16.7 Å². The SMILES string of the molecule is C=CCCNC(=O)Cc1ccc2ccccc2c1. The minimum Gasteiger partial charge on any atom is -0.356 e. The third-order valence-electron chi connectivity index (χ3n) is 2.85. The first-order chi connectivity index (χ1) is 8.79. The Hall–Kier alpha value is -2.09. The fourth-order valence-corrected chi connectivity index (χ4v) is 1.91. The summed E-state index contributed by atoms with van der Waals surface area (Å²) in [4.78, 5) is 11.7. The van der Waals surface area contributed by atoms with Crippen LogP contribution in [-0.4, -0.2) is 12.5 Å². The van der Waals surface area contributed by atoms with Crippen molar-refractivity contribution in [3.63, 3.8) is 0 Å². The summed E-state index contributed by atoms with van der Waals surface area (Å²) in [6.45, 7) is 4.29. The Morgan fingerprint density at radius 1 is 1.17 bits per heavy atom. The maximum atomic E-state index is 11.7. The molecule has 0 saturated carbocycles. The lowest BCUT2D eigenvalue weighted by Gasteiger charge is -2.05. The Morgan fingerprint density at radius 3 is 2.72 bits per heavy atom. The van der Waals surface area contributed by atoms with Crippen LogP contribution in [0.1, 0.15) is 12.0 Å². The maximum absolute atomic E-state index is 11.7. The van der Waals surface area contributed by atoms with Gasteiger partial charge in [-0.05, 0) is 22.8 Å². The average molecular weight is 239 g/mol. The Morgan fingerprint density at radius 2 is 1.94 bits per heavy atom. The number of nitrogens with one attached hydrogen (secondary N) is 1. The van der Waals surface area contributed by atoms with Gasteiger partial charge in [0.2, 0.25) is 5.91 Å². The number of fused-ring (bicyclic) bond motifs is 1. The van der Waals surface area contributed by atoms with Crippen LogP contribution in [0.2, 0.25) is 0 Å². The fraction of sp³-hybridized carbons (Fsp3) is 0.188. The van der Waals surface area contributed by atoms with Crippen LogP contribution >= 0.6 is 0 Å². The van der Waals surface area contributed by atoms with E-state index in [1.165, 1.54) is 10.8 Å². The van der Waals surface area contributed by atoms with E-state index in [2.05, 4.69) is 36.2 Å².